The summed E-state index contributed by atoms with van der Waals surface area (Å²) in [5.74, 6) is 0. The van der Waals surface area contributed by atoms with Gasteiger partial charge in [0.15, 0.2) is 0 Å². The van der Waals surface area contributed by atoms with Crippen molar-refractivity contribution in [3.05, 3.63) is 114 Å². The normalized spacial score (nSPS) is 13.0. The molecular formula is C34H18F6I2N4. The fraction of sp³-hybridized carbons (Fsp3) is 0.0588. The quantitative estimate of drug-likeness (QED) is 0.134. The second kappa shape index (κ2) is 11.4. The summed E-state index contributed by atoms with van der Waals surface area (Å²) >= 11 is 4.23. The van der Waals surface area contributed by atoms with Gasteiger partial charge in [0.1, 0.15) is 11.1 Å². The largest absolute Gasteiger partial charge is 0.420 e. The van der Waals surface area contributed by atoms with Crippen LogP contribution in [-0.2, 0) is 12.4 Å². The third-order valence-electron chi connectivity index (χ3n) is 7.59. The fourth-order valence-corrected chi connectivity index (χ4v) is 6.36. The van der Waals surface area contributed by atoms with E-state index in [2.05, 4.69) is 65.1 Å². The Morgan fingerprint density at radius 2 is 0.783 bits per heavy atom. The lowest BCUT2D eigenvalue weighted by atomic mass is 10.0. The lowest BCUT2D eigenvalue weighted by Gasteiger charge is -2.09. The van der Waals surface area contributed by atoms with Crippen LogP contribution in [0, 0.1) is 7.14 Å². The van der Waals surface area contributed by atoms with E-state index in [1.165, 1.54) is 48.6 Å². The molecule has 3 aromatic heterocycles. The molecule has 0 radical (unpaired) electrons. The lowest BCUT2D eigenvalue weighted by Crippen LogP contribution is -2.10. The first-order valence-corrected chi connectivity index (χ1v) is 15.8. The van der Waals surface area contributed by atoms with Crippen LogP contribution in [-0.4, -0.2) is 19.9 Å². The minimum Gasteiger partial charge on any atom is -0.354 e. The lowest BCUT2D eigenvalue weighted by molar-refractivity contribution is -0.138. The molecule has 0 unspecified atom stereocenters. The molecule has 0 atom stereocenters. The molecule has 2 aliphatic rings. The third-order valence-corrected chi connectivity index (χ3v) is 9.02. The summed E-state index contributed by atoms with van der Waals surface area (Å²) in [6.07, 6.45) is -4.19. The van der Waals surface area contributed by atoms with E-state index in [0.29, 0.717) is 22.3 Å². The molecule has 0 fully saturated rings. The van der Waals surface area contributed by atoms with Gasteiger partial charge in [0.05, 0.1) is 33.8 Å². The molecule has 0 saturated heterocycles. The minimum atomic E-state index is -4.81. The first-order chi connectivity index (χ1) is 21.9. The Balaban J connectivity index is 1.70. The number of H-pyrrole nitrogens is 2. The van der Waals surface area contributed by atoms with Gasteiger partial charge in [-0.15, -0.1) is 0 Å². The van der Waals surface area contributed by atoms with Gasteiger partial charge >= 0.3 is 12.4 Å². The van der Waals surface area contributed by atoms with Crippen LogP contribution in [0.25, 0.3) is 68.6 Å². The highest BCUT2D eigenvalue weighted by molar-refractivity contribution is 14.1. The second-order valence-electron chi connectivity index (χ2n) is 10.5. The maximum atomic E-state index is 14.8. The molecule has 0 amide bonds. The Morgan fingerprint density at radius 3 is 1.15 bits per heavy atom. The van der Waals surface area contributed by atoms with Crippen molar-refractivity contribution in [3.63, 3.8) is 0 Å². The SMILES string of the molecule is FC(F)(F)c1c2nc(c(-c3ccc(I)cc3)c3ccc([nH]3)c(C(F)(F)F)c3ccc([nH]3)c(-c3ccc(I)cc3)c3nc1C=C3)C=C2. The van der Waals surface area contributed by atoms with E-state index in [9.17, 15) is 26.3 Å². The topological polar surface area (TPSA) is 57.4 Å². The monoisotopic (exact) mass is 850 g/mol. The van der Waals surface area contributed by atoms with E-state index in [0.717, 1.165) is 7.14 Å². The van der Waals surface area contributed by atoms with Crippen molar-refractivity contribution in [1.29, 1.82) is 0 Å². The van der Waals surface area contributed by atoms with Crippen molar-refractivity contribution in [2.75, 3.05) is 0 Å². The number of benzene rings is 2. The zero-order chi connectivity index (χ0) is 32.4. The number of alkyl halides is 6. The molecule has 0 saturated carbocycles. The van der Waals surface area contributed by atoms with E-state index < -0.39 is 23.5 Å². The van der Waals surface area contributed by atoms with E-state index in [4.69, 9.17) is 0 Å². The van der Waals surface area contributed by atoms with Gasteiger partial charge in [0.25, 0.3) is 0 Å². The van der Waals surface area contributed by atoms with Crippen LogP contribution in [0.2, 0.25) is 0 Å². The molecule has 2 N–H and O–H groups in total. The molecule has 230 valence electrons. The predicted octanol–water partition coefficient (Wildman–Crippen LogP) is 11.2. The number of fused-ring (bicyclic) bond motifs is 8. The zero-order valence-electron chi connectivity index (χ0n) is 23.2. The van der Waals surface area contributed by atoms with Crippen molar-refractivity contribution >= 4 is 91.6 Å². The Bertz CT molecular complexity index is 2100. The number of nitrogens with zero attached hydrogens (tertiary/aromatic N) is 2. The highest BCUT2D eigenvalue weighted by Crippen LogP contribution is 2.41. The van der Waals surface area contributed by atoms with Crippen molar-refractivity contribution in [2.24, 2.45) is 0 Å². The van der Waals surface area contributed by atoms with E-state index in [1.807, 2.05) is 0 Å². The highest BCUT2D eigenvalue weighted by Gasteiger charge is 2.38. The smallest absolute Gasteiger partial charge is 0.354 e. The first-order valence-electron chi connectivity index (χ1n) is 13.7. The van der Waals surface area contributed by atoms with Crippen molar-refractivity contribution < 1.29 is 26.3 Å². The molecule has 0 spiro atoms. The molecule has 5 heterocycles. The number of halogens is 8. The zero-order valence-corrected chi connectivity index (χ0v) is 27.5. The number of aromatic amines is 2. The van der Waals surface area contributed by atoms with Crippen LogP contribution in [0.5, 0.6) is 0 Å². The van der Waals surface area contributed by atoms with Gasteiger partial charge in [0, 0.05) is 29.3 Å². The van der Waals surface area contributed by atoms with Gasteiger partial charge in [-0.2, -0.15) is 26.3 Å². The summed E-state index contributed by atoms with van der Waals surface area (Å²) in [5, 5.41) is 0. The van der Waals surface area contributed by atoms with Crippen molar-refractivity contribution in [1.82, 2.24) is 19.9 Å². The van der Waals surface area contributed by atoms with Gasteiger partial charge in [-0.1, -0.05) is 24.3 Å². The summed E-state index contributed by atoms with van der Waals surface area (Å²) in [4.78, 5) is 14.6. The maximum Gasteiger partial charge on any atom is 0.420 e. The molecule has 7 rings (SSSR count). The molecular weight excluding hydrogens is 832 g/mol. The van der Waals surface area contributed by atoms with Gasteiger partial charge in [-0.05, 0) is 129 Å². The van der Waals surface area contributed by atoms with E-state index in [-0.39, 0.29) is 44.8 Å². The first kappa shape index (κ1) is 30.7. The fourth-order valence-electron chi connectivity index (χ4n) is 5.64. The number of hydrogen-bond acceptors (Lipinski definition) is 2. The number of rotatable bonds is 2. The minimum absolute atomic E-state index is 0.159. The number of aromatic nitrogens is 4. The maximum absolute atomic E-state index is 14.8. The summed E-state index contributed by atoms with van der Waals surface area (Å²) in [6.45, 7) is 0. The Morgan fingerprint density at radius 1 is 0.435 bits per heavy atom. The number of hydrogen-bond donors (Lipinski definition) is 2. The highest BCUT2D eigenvalue weighted by atomic mass is 127. The van der Waals surface area contributed by atoms with Crippen LogP contribution in [0.15, 0.2) is 72.8 Å². The Kier molecular flexibility index (Phi) is 7.61. The van der Waals surface area contributed by atoms with Crippen molar-refractivity contribution in [3.8, 4) is 22.3 Å². The summed E-state index contributed by atoms with van der Waals surface area (Å²) in [7, 11) is 0. The van der Waals surface area contributed by atoms with Crippen molar-refractivity contribution in [2.45, 2.75) is 12.4 Å². The molecule has 12 heteroatoms. The molecule has 8 bridgehead atoms. The third kappa shape index (κ3) is 5.65. The van der Waals surface area contributed by atoms with Crippen LogP contribution < -0.4 is 0 Å². The Hall–Kier alpha value is -3.92. The summed E-state index contributed by atoms with van der Waals surface area (Å²) in [5.41, 5.74) is -0.427. The van der Waals surface area contributed by atoms with Gasteiger partial charge in [-0.25, -0.2) is 9.97 Å². The summed E-state index contributed by atoms with van der Waals surface area (Å²) < 4.78 is 90.4. The van der Waals surface area contributed by atoms with Crippen LogP contribution in [0.1, 0.15) is 33.9 Å². The average Bonchev–Trinajstić information content (AvgIpc) is 3.80. The predicted molar refractivity (Wildman–Crippen MR) is 185 cm³/mol. The van der Waals surface area contributed by atoms with E-state index >= 15 is 0 Å². The average molecular weight is 850 g/mol. The Labute approximate surface area is 284 Å². The standard InChI is InChI=1S/C34H18F6I2N4/c35-33(36,37)31-25-13-9-21(43-25)29(17-1-5-19(41)6-2-17)22-10-14-26(44-22)32(34(38,39)40)28-16-12-24(46-28)30(23-11-15-27(31)45-23)18-3-7-20(42)8-4-18/h1-16,43,45H. The molecule has 46 heavy (non-hydrogen) atoms. The van der Waals surface area contributed by atoms with E-state index in [1.54, 1.807) is 48.5 Å². The van der Waals surface area contributed by atoms with Crippen LogP contribution >= 0.6 is 45.2 Å². The molecule has 2 aromatic carbocycles. The van der Waals surface area contributed by atoms with Crippen LogP contribution in [0.3, 0.4) is 0 Å². The van der Waals surface area contributed by atoms with Crippen LogP contribution in [0.4, 0.5) is 26.3 Å². The van der Waals surface area contributed by atoms with Gasteiger partial charge < -0.3 is 9.97 Å². The second-order valence-corrected chi connectivity index (χ2v) is 13.0. The van der Waals surface area contributed by atoms with Gasteiger partial charge in [0.2, 0.25) is 0 Å². The molecule has 0 aliphatic carbocycles. The molecule has 5 aromatic rings. The molecule has 2 aliphatic heterocycles. The number of nitrogens with one attached hydrogen (secondary N) is 2. The molecule has 4 nitrogen and oxygen atoms in total. The summed E-state index contributed by atoms with van der Waals surface area (Å²) in [6, 6.07) is 19.8. The van der Waals surface area contributed by atoms with Gasteiger partial charge in [-0.3, -0.25) is 0 Å².